The molecule has 0 spiro atoms. The van der Waals surface area contributed by atoms with Crippen molar-refractivity contribution in [2.75, 3.05) is 20.2 Å². The molecule has 1 N–H and O–H groups in total. The number of methoxy groups -OCH3 is 1. The van der Waals surface area contributed by atoms with E-state index in [-0.39, 0.29) is 4.87 Å². The monoisotopic (exact) mass is 225 g/mol. The summed E-state index contributed by atoms with van der Waals surface area (Å²) >= 11 is 6.50. The fraction of sp³-hybridized carbons (Fsp3) is 0.500. The number of hydrogen-bond acceptors (Lipinski definition) is 2. The normalized spacial score (nSPS) is 25.5. The minimum Gasteiger partial charge on any atom is -0.497 e. The Balaban J connectivity index is 2.46. The molecule has 1 aliphatic rings. The lowest BCUT2D eigenvalue weighted by Gasteiger charge is -2.22. The van der Waals surface area contributed by atoms with E-state index in [1.165, 1.54) is 11.1 Å². The van der Waals surface area contributed by atoms with Gasteiger partial charge in [0.2, 0.25) is 0 Å². The largest absolute Gasteiger partial charge is 0.497 e. The van der Waals surface area contributed by atoms with Crippen molar-refractivity contribution in [2.24, 2.45) is 0 Å². The number of ether oxygens (including phenoxy) is 1. The number of alkyl halides is 1. The SMILES string of the molecule is COc1ccc2c(c1)CCNCC2(C)Cl. The number of benzene rings is 1. The summed E-state index contributed by atoms with van der Waals surface area (Å²) in [5.74, 6) is 0.906. The summed E-state index contributed by atoms with van der Waals surface area (Å²) in [5, 5.41) is 3.35. The van der Waals surface area contributed by atoms with Crippen LogP contribution in [0.15, 0.2) is 18.2 Å². The fourth-order valence-electron chi connectivity index (χ4n) is 2.05. The average Bonchev–Trinajstić information content (AvgIpc) is 2.37. The van der Waals surface area contributed by atoms with Crippen LogP contribution >= 0.6 is 11.6 Å². The molecule has 82 valence electrons. The fourth-order valence-corrected chi connectivity index (χ4v) is 2.33. The Labute approximate surface area is 95.6 Å². The summed E-state index contributed by atoms with van der Waals surface area (Å²) < 4.78 is 5.23. The van der Waals surface area contributed by atoms with Crippen LogP contribution in [0.2, 0.25) is 0 Å². The molecule has 0 fully saturated rings. The molecule has 3 heteroatoms. The number of rotatable bonds is 1. The van der Waals surface area contributed by atoms with Crippen LogP contribution < -0.4 is 10.1 Å². The van der Waals surface area contributed by atoms with Gasteiger partial charge in [-0.3, -0.25) is 0 Å². The molecule has 0 saturated carbocycles. The van der Waals surface area contributed by atoms with Gasteiger partial charge in [-0.25, -0.2) is 0 Å². The Morgan fingerprint density at radius 1 is 1.47 bits per heavy atom. The molecule has 2 nitrogen and oxygen atoms in total. The first-order chi connectivity index (χ1) is 7.13. The number of halogens is 1. The van der Waals surface area contributed by atoms with E-state index in [4.69, 9.17) is 16.3 Å². The third-order valence-electron chi connectivity index (χ3n) is 2.90. The van der Waals surface area contributed by atoms with Gasteiger partial charge >= 0.3 is 0 Å². The predicted molar refractivity (Wildman–Crippen MR) is 62.8 cm³/mol. The van der Waals surface area contributed by atoms with Crippen LogP contribution in [0.25, 0.3) is 0 Å². The second-order valence-corrected chi connectivity index (χ2v) is 4.98. The van der Waals surface area contributed by atoms with Crippen LogP contribution in [-0.4, -0.2) is 20.2 Å². The maximum atomic E-state index is 6.50. The summed E-state index contributed by atoms with van der Waals surface area (Å²) in [5.41, 5.74) is 2.51. The van der Waals surface area contributed by atoms with Gasteiger partial charge in [-0.15, -0.1) is 11.6 Å². The van der Waals surface area contributed by atoms with E-state index >= 15 is 0 Å². The molecule has 1 aromatic rings. The molecule has 1 unspecified atom stereocenters. The van der Waals surface area contributed by atoms with Gasteiger partial charge in [-0.1, -0.05) is 6.07 Å². The molecule has 15 heavy (non-hydrogen) atoms. The molecule has 0 radical (unpaired) electrons. The quantitative estimate of drug-likeness (QED) is 0.741. The molecule has 1 atom stereocenters. The van der Waals surface area contributed by atoms with E-state index in [0.717, 1.165) is 25.3 Å². The van der Waals surface area contributed by atoms with Gasteiger partial charge < -0.3 is 10.1 Å². The highest BCUT2D eigenvalue weighted by molar-refractivity contribution is 6.24. The van der Waals surface area contributed by atoms with E-state index in [2.05, 4.69) is 24.4 Å². The average molecular weight is 226 g/mol. The van der Waals surface area contributed by atoms with Crippen LogP contribution in [0, 0.1) is 0 Å². The summed E-state index contributed by atoms with van der Waals surface area (Å²) in [7, 11) is 1.69. The van der Waals surface area contributed by atoms with E-state index in [0.29, 0.717) is 0 Å². The zero-order valence-electron chi connectivity index (χ0n) is 9.14. The number of fused-ring (bicyclic) bond motifs is 1. The smallest absolute Gasteiger partial charge is 0.119 e. The Bertz CT molecular complexity index is 363. The Morgan fingerprint density at radius 2 is 2.27 bits per heavy atom. The van der Waals surface area contributed by atoms with Gasteiger partial charge in [-0.05, 0) is 43.1 Å². The third kappa shape index (κ3) is 2.11. The van der Waals surface area contributed by atoms with Gasteiger partial charge in [0.15, 0.2) is 0 Å². The predicted octanol–water partition coefficient (Wildman–Crippen LogP) is 2.29. The molecule has 0 aliphatic carbocycles. The highest BCUT2D eigenvalue weighted by Crippen LogP contribution is 2.34. The van der Waals surface area contributed by atoms with Crippen molar-refractivity contribution in [3.05, 3.63) is 29.3 Å². The molecule has 0 bridgehead atoms. The number of hydrogen-bond donors (Lipinski definition) is 1. The van der Waals surface area contributed by atoms with Gasteiger partial charge in [0.25, 0.3) is 0 Å². The minimum atomic E-state index is -0.307. The Hall–Kier alpha value is -0.730. The minimum absolute atomic E-state index is 0.307. The van der Waals surface area contributed by atoms with Crippen LogP contribution in [0.1, 0.15) is 18.1 Å². The van der Waals surface area contributed by atoms with Crippen molar-refractivity contribution in [2.45, 2.75) is 18.2 Å². The standard InChI is InChI=1S/C12H16ClNO/c1-12(13)8-14-6-5-9-7-10(15-2)3-4-11(9)12/h3-4,7,14H,5-6,8H2,1-2H3. The summed E-state index contributed by atoms with van der Waals surface area (Å²) in [4.78, 5) is -0.307. The van der Waals surface area contributed by atoms with E-state index < -0.39 is 0 Å². The molecule has 2 rings (SSSR count). The molecule has 1 aliphatic heterocycles. The van der Waals surface area contributed by atoms with E-state index in [9.17, 15) is 0 Å². The highest BCUT2D eigenvalue weighted by Gasteiger charge is 2.28. The lowest BCUT2D eigenvalue weighted by Crippen LogP contribution is -2.29. The van der Waals surface area contributed by atoms with Gasteiger partial charge in [-0.2, -0.15) is 0 Å². The number of nitrogens with one attached hydrogen (secondary N) is 1. The molecule has 0 aromatic heterocycles. The van der Waals surface area contributed by atoms with Gasteiger partial charge in [0, 0.05) is 6.54 Å². The maximum absolute atomic E-state index is 6.50. The first-order valence-electron chi connectivity index (χ1n) is 5.20. The van der Waals surface area contributed by atoms with Crippen LogP contribution in [0.5, 0.6) is 5.75 Å². The molecule has 1 aromatic carbocycles. The first-order valence-corrected chi connectivity index (χ1v) is 5.58. The Morgan fingerprint density at radius 3 is 3.00 bits per heavy atom. The summed E-state index contributed by atoms with van der Waals surface area (Å²) in [6, 6.07) is 6.14. The van der Waals surface area contributed by atoms with Crippen LogP contribution in [0.3, 0.4) is 0 Å². The van der Waals surface area contributed by atoms with Crippen molar-refractivity contribution < 1.29 is 4.74 Å². The van der Waals surface area contributed by atoms with Gasteiger partial charge in [0.1, 0.15) is 5.75 Å². The summed E-state index contributed by atoms with van der Waals surface area (Å²) in [6.07, 6.45) is 1.01. The lowest BCUT2D eigenvalue weighted by molar-refractivity contribution is 0.414. The lowest BCUT2D eigenvalue weighted by atomic mass is 9.94. The second-order valence-electron chi connectivity index (χ2n) is 4.15. The highest BCUT2D eigenvalue weighted by atomic mass is 35.5. The molecule has 1 heterocycles. The van der Waals surface area contributed by atoms with Crippen molar-refractivity contribution in [1.82, 2.24) is 5.32 Å². The zero-order chi connectivity index (χ0) is 10.9. The molecule has 0 amide bonds. The second kappa shape index (κ2) is 4.03. The van der Waals surface area contributed by atoms with Crippen LogP contribution in [-0.2, 0) is 11.3 Å². The molecular weight excluding hydrogens is 210 g/mol. The molecular formula is C12H16ClNO. The molecule has 0 saturated heterocycles. The van der Waals surface area contributed by atoms with Crippen molar-refractivity contribution in [3.63, 3.8) is 0 Å². The zero-order valence-corrected chi connectivity index (χ0v) is 9.90. The topological polar surface area (TPSA) is 21.3 Å². The van der Waals surface area contributed by atoms with Gasteiger partial charge in [0.05, 0.1) is 12.0 Å². The van der Waals surface area contributed by atoms with Crippen molar-refractivity contribution in [1.29, 1.82) is 0 Å². The Kier molecular flexibility index (Phi) is 2.89. The van der Waals surface area contributed by atoms with E-state index in [1.807, 2.05) is 6.07 Å². The van der Waals surface area contributed by atoms with Crippen LogP contribution in [0.4, 0.5) is 0 Å². The third-order valence-corrected chi connectivity index (χ3v) is 3.24. The van der Waals surface area contributed by atoms with E-state index in [1.54, 1.807) is 7.11 Å². The summed E-state index contributed by atoms with van der Waals surface area (Å²) in [6.45, 7) is 3.84. The van der Waals surface area contributed by atoms with Crippen molar-refractivity contribution >= 4 is 11.6 Å². The first kappa shape index (κ1) is 10.8. The van der Waals surface area contributed by atoms with Crippen molar-refractivity contribution in [3.8, 4) is 5.75 Å². The maximum Gasteiger partial charge on any atom is 0.119 e.